The van der Waals surface area contributed by atoms with Crippen molar-refractivity contribution in [2.75, 3.05) is 22.1 Å². The molecule has 0 saturated heterocycles. The summed E-state index contributed by atoms with van der Waals surface area (Å²) in [7, 11) is 0. The van der Waals surface area contributed by atoms with Gasteiger partial charge in [0.2, 0.25) is 11.9 Å². The number of amides is 1. The molecule has 2 aromatic rings. The fraction of sp³-hybridized carbons (Fsp3) is 0.118. The van der Waals surface area contributed by atoms with Crippen LogP contribution >= 0.6 is 0 Å². The minimum Gasteiger partial charge on any atom is -0.397 e. The zero-order valence-corrected chi connectivity index (χ0v) is 14.2. The molecule has 10 heteroatoms. The quantitative estimate of drug-likeness (QED) is 0.388. The van der Waals surface area contributed by atoms with Gasteiger partial charge in [0.1, 0.15) is 29.3 Å². The third-order valence-corrected chi connectivity index (χ3v) is 3.90. The van der Waals surface area contributed by atoms with E-state index < -0.39 is 6.04 Å². The predicted octanol–water partition coefficient (Wildman–Crippen LogP) is 1.02. The molecule has 2 heterocycles. The number of aromatic nitrogens is 1. The lowest BCUT2D eigenvalue weighted by Gasteiger charge is -2.26. The number of guanidine groups is 1. The van der Waals surface area contributed by atoms with Crippen molar-refractivity contribution < 1.29 is 4.79 Å². The number of anilines is 4. The van der Waals surface area contributed by atoms with E-state index in [9.17, 15) is 10.1 Å². The Kier molecular flexibility index (Phi) is 4.47. The summed E-state index contributed by atoms with van der Waals surface area (Å²) in [6.45, 7) is 1.42. The number of carbonyl (C=O) groups excluding carboxylic acids is 1. The van der Waals surface area contributed by atoms with Gasteiger partial charge < -0.3 is 22.1 Å². The number of nitrogens with one attached hydrogen (secondary N) is 3. The lowest BCUT2D eigenvalue weighted by molar-refractivity contribution is -0.114. The van der Waals surface area contributed by atoms with Gasteiger partial charge in [-0.05, 0) is 17.7 Å². The van der Waals surface area contributed by atoms with E-state index in [0.717, 1.165) is 5.56 Å². The Hall–Kier alpha value is -4.31. The van der Waals surface area contributed by atoms with Gasteiger partial charge in [-0.15, -0.1) is 0 Å². The number of nitrogens with two attached hydrogens (primary N) is 2. The number of nitrogen functional groups attached to an aromatic ring is 2. The third kappa shape index (κ3) is 3.27. The standard InChI is InChI=1S/C17H15N9O/c1-8(27)23-10-4-2-9(3-5-10)14-12-13(20)11(6-18)15(21)25-16(12)26-17(24-14)22-7-19/h2-5,14H,1H3,(H,23,27)(H6,20,21,22,24,25,26). The van der Waals surface area contributed by atoms with Crippen molar-refractivity contribution in [2.24, 2.45) is 4.99 Å². The van der Waals surface area contributed by atoms with E-state index in [1.807, 2.05) is 6.07 Å². The van der Waals surface area contributed by atoms with Crippen molar-refractivity contribution >= 4 is 34.9 Å². The van der Waals surface area contributed by atoms with Crippen LogP contribution in [-0.2, 0) is 4.79 Å². The molecule has 1 aromatic heterocycles. The van der Waals surface area contributed by atoms with Crippen molar-refractivity contribution in [3.8, 4) is 12.3 Å². The smallest absolute Gasteiger partial charge is 0.221 e. The van der Waals surface area contributed by atoms with Gasteiger partial charge >= 0.3 is 0 Å². The highest BCUT2D eigenvalue weighted by Gasteiger charge is 2.29. The second-order valence-corrected chi connectivity index (χ2v) is 5.71. The fourth-order valence-electron chi connectivity index (χ4n) is 2.77. The number of benzene rings is 1. The van der Waals surface area contributed by atoms with E-state index in [-0.39, 0.29) is 28.9 Å². The molecule has 7 N–H and O–H groups in total. The number of hydrogen-bond acceptors (Lipinski definition) is 9. The van der Waals surface area contributed by atoms with Gasteiger partial charge in [-0.2, -0.15) is 10.5 Å². The van der Waals surface area contributed by atoms with Crippen LogP contribution in [0.2, 0.25) is 0 Å². The van der Waals surface area contributed by atoms with Crippen LogP contribution in [0.3, 0.4) is 0 Å². The molecule has 3 rings (SSSR count). The molecule has 1 aliphatic rings. The minimum absolute atomic E-state index is 0.0146. The first-order valence-corrected chi connectivity index (χ1v) is 7.81. The number of hydrogen-bond donors (Lipinski definition) is 5. The highest BCUT2D eigenvalue weighted by atomic mass is 16.1. The predicted molar refractivity (Wildman–Crippen MR) is 100 cm³/mol. The summed E-state index contributed by atoms with van der Waals surface area (Å²) in [6.07, 6.45) is 1.79. The molecule has 134 valence electrons. The van der Waals surface area contributed by atoms with Crippen LogP contribution in [0.15, 0.2) is 29.3 Å². The van der Waals surface area contributed by atoms with Gasteiger partial charge in [0.15, 0.2) is 6.19 Å². The molecule has 1 aromatic carbocycles. The Bertz CT molecular complexity index is 1030. The Morgan fingerprint density at radius 3 is 2.56 bits per heavy atom. The first-order valence-electron chi connectivity index (χ1n) is 7.81. The van der Waals surface area contributed by atoms with Crippen LogP contribution in [0, 0.1) is 22.8 Å². The highest BCUT2D eigenvalue weighted by molar-refractivity contribution is 5.98. The topological polar surface area (TPSA) is 178 Å². The average Bonchev–Trinajstić information content (AvgIpc) is 2.61. The van der Waals surface area contributed by atoms with Gasteiger partial charge in [-0.1, -0.05) is 12.1 Å². The average molecular weight is 361 g/mol. The lowest BCUT2D eigenvalue weighted by Crippen LogP contribution is -2.32. The molecule has 1 unspecified atom stereocenters. The van der Waals surface area contributed by atoms with E-state index in [1.165, 1.54) is 6.92 Å². The number of pyridine rings is 1. The maximum Gasteiger partial charge on any atom is 0.221 e. The molecule has 1 aliphatic heterocycles. The lowest BCUT2D eigenvalue weighted by atomic mass is 9.95. The molecule has 0 bridgehead atoms. The molecule has 0 spiro atoms. The number of carbonyl (C=O) groups is 1. The second kappa shape index (κ2) is 6.90. The summed E-state index contributed by atoms with van der Waals surface area (Å²) < 4.78 is 0. The fourth-order valence-corrected chi connectivity index (χ4v) is 2.77. The highest BCUT2D eigenvalue weighted by Crippen LogP contribution is 2.40. The van der Waals surface area contributed by atoms with Crippen molar-refractivity contribution in [1.29, 1.82) is 10.5 Å². The third-order valence-electron chi connectivity index (χ3n) is 3.90. The van der Waals surface area contributed by atoms with Gasteiger partial charge in [0, 0.05) is 18.2 Å². The molecular weight excluding hydrogens is 346 g/mol. The summed E-state index contributed by atoms with van der Waals surface area (Å²) in [5.41, 5.74) is 14.0. The summed E-state index contributed by atoms with van der Waals surface area (Å²) in [5, 5.41) is 26.2. The molecule has 1 amide bonds. The summed E-state index contributed by atoms with van der Waals surface area (Å²) in [4.78, 5) is 19.8. The van der Waals surface area contributed by atoms with Crippen LogP contribution in [-0.4, -0.2) is 16.9 Å². The van der Waals surface area contributed by atoms with Crippen molar-refractivity contribution in [3.05, 3.63) is 41.0 Å². The van der Waals surface area contributed by atoms with E-state index in [2.05, 4.69) is 25.9 Å². The van der Waals surface area contributed by atoms with Gasteiger partial charge in [-0.25, -0.2) is 9.98 Å². The summed E-state index contributed by atoms with van der Waals surface area (Å²) in [5.74, 6) is 0.292. The monoisotopic (exact) mass is 361 g/mol. The zero-order valence-electron chi connectivity index (χ0n) is 14.2. The minimum atomic E-state index is -0.622. The Morgan fingerprint density at radius 1 is 1.26 bits per heavy atom. The Balaban J connectivity index is 2.13. The maximum atomic E-state index is 11.2. The SMILES string of the molecule is CC(=O)Nc1ccc(C2N=C(NC#N)Nc3nc(N)c(C#N)c(N)c32)cc1. The summed E-state index contributed by atoms with van der Waals surface area (Å²) >= 11 is 0. The van der Waals surface area contributed by atoms with Crippen LogP contribution < -0.4 is 27.4 Å². The summed E-state index contributed by atoms with van der Waals surface area (Å²) in [6, 6.07) is 8.29. The Morgan fingerprint density at radius 2 is 1.96 bits per heavy atom. The number of nitrogens with zero attached hydrogens (tertiary/aromatic N) is 4. The molecule has 10 nitrogen and oxygen atoms in total. The zero-order chi connectivity index (χ0) is 19.6. The van der Waals surface area contributed by atoms with Crippen molar-refractivity contribution in [1.82, 2.24) is 10.3 Å². The molecule has 0 radical (unpaired) electrons. The van der Waals surface area contributed by atoms with E-state index >= 15 is 0 Å². The normalized spacial score (nSPS) is 14.6. The van der Waals surface area contributed by atoms with Gasteiger partial charge in [0.25, 0.3) is 0 Å². The number of aliphatic imine (C=N–C) groups is 1. The van der Waals surface area contributed by atoms with Gasteiger partial charge in [0.05, 0.1) is 5.69 Å². The first kappa shape index (κ1) is 17.5. The second-order valence-electron chi connectivity index (χ2n) is 5.71. The number of rotatable bonds is 2. The van der Waals surface area contributed by atoms with Crippen molar-refractivity contribution in [2.45, 2.75) is 13.0 Å². The van der Waals surface area contributed by atoms with Crippen LogP contribution in [0.5, 0.6) is 0 Å². The van der Waals surface area contributed by atoms with E-state index in [0.29, 0.717) is 17.1 Å². The van der Waals surface area contributed by atoms with Crippen molar-refractivity contribution in [3.63, 3.8) is 0 Å². The molecule has 0 aliphatic carbocycles. The maximum absolute atomic E-state index is 11.2. The van der Waals surface area contributed by atoms with E-state index in [1.54, 1.807) is 30.5 Å². The molecule has 0 saturated carbocycles. The first-order chi connectivity index (χ1) is 12.9. The molecule has 0 fully saturated rings. The van der Waals surface area contributed by atoms with Crippen LogP contribution in [0.25, 0.3) is 0 Å². The largest absolute Gasteiger partial charge is 0.397 e. The number of nitriles is 2. The number of fused-ring (bicyclic) bond motifs is 1. The van der Waals surface area contributed by atoms with Gasteiger partial charge in [-0.3, -0.25) is 10.1 Å². The van der Waals surface area contributed by atoms with E-state index in [4.69, 9.17) is 16.7 Å². The van der Waals surface area contributed by atoms with Crippen LogP contribution in [0.4, 0.5) is 23.0 Å². The van der Waals surface area contributed by atoms with Crippen LogP contribution in [0.1, 0.15) is 29.7 Å². The Labute approximate surface area is 154 Å². The molecule has 27 heavy (non-hydrogen) atoms. The molecule has 1 atom stereocenters. The molecular formula is C17H15N9O.